The SMILES string of the molecule is COC(=O)c1ccc(OC)c(NCC(=N)Oc2ccc(OC)cc2)c1. The van der Waals surface area contributed by atoms with Gasteiger partial charge < -0.3 is 24.3 Å². The maximum absolute atomic E-state index is 11.6. The predicted octanol–water partition coefficient (Wildman–Crippen LogP) is 2.96. The fourth-order valence-corrected chi connectivity index (χ4v) is 2.09. The lowest BCUT2D eigenvalue weighted by Crippen LogP contribution is -2.19. The largest absolute Gasteiger partial charge is 0.497 e. The summed E-state index contributed by atoms with van der Waals surface area (Å²) in [5.74, 6) is 1.35. The summed E-state index contributed by atoms with van der Waals surface area (Å²) in [5.41, 5.74) is 0.946. The molecule has 2 aromatic rings. The third-order valence-electron chi connectivity index (χ3n) is 3.36. The van der Waals surface area contributed by atoms with Crippen molar-refractivity contribution in [2.45, 2.75) is 0 Å². The molecule has 0 unspecified atom stereocenters. The smallest absolute Gasteiger partial charge is 0.337 e. The molecule has 0 heterocycles. The molecule has 0 aliphatic rings. The van der Waals surface area contributed by atoms with Crippen molar-refractivity contribution in [1.29, 1.82) is 5.41 Å². The van der Waals surface area contributed by atoms with Crippen molar-refractivity contribution in [1.82, 2.24) is 0 Å². The van der Waals surface area contributed by atoms with Crippen LogP contribution < -0.4 is 19.5 Å². The topological polar surface area (TPSA) is 89.9 Å². The fourth-order valence-electron chi connectivity index (χ4n) is 2.09. The molecule has 0 radical (unpaired) electrons. The molecule has 0 spiro atoms. The Labute approximate surface area is 146 Å². The standard InChI is InChI=1S/C18H20N2O5/c1-22-13-5-7-14(8-6-13)25-17(19)11-20-15-10-12(18(21)24-3)4-9-16(15)23-2/h4-10,19-20H,11H2,1-3H3. The first kappa shape index (κ1) is 18.1. The maximum atomic E-state index is 11.6. The molecule has 0 bridgehead atoms. The van der Waals surface area contributed by atoms with Crippen molar-refractivity contribution in [2.24, 2.45) is 0 Å². The van der Waals surface area contributed by atoms with Crippen LogP contribution in [0, 0.1) is 5.41 Å². The first-order valence-electron chi connectivity index (χ1n) is 7.47. The Morgan fingerprint density at radius 3 is 2.28 bits per heavy atom. The van der Waals surface area contributed by atoms with Gasteiger partial charge in [0.25, 0.3) is 0 Å². The summed E-state index contributed by atoms with van der Waals surface area (Å²) in [6.07, 6.45) is 0. The van der Waals surface area contributed by atoms with Crippen molar-refractivity contribution >= 4 is 17.6 Å². The van der Waals surface area contributed by atoms with E-state index in [1.54, 1.807) is 49.6 Å². The van der Waals surface area contributed by atoms with E-state index in [0.717, 1.165) is 0 Å². The van der Waals surface area contributed by atoms with Gasteiger partial charge in [-0.15, -0.1) is 0 Å². The molecule has 0 fully saturated rings. The van der Waals surface area contributed by atoms with Crippen LogP contribution in [0.3, 0.4) is 0 Å². The minimum atomic E-state index is -0.449. The Morgan fingerprint density at radius 1 is 1.00 bits per heavy atom. The molecule has 7 heteroatoms. The number of carbonyl (C=O) groups excluding carboxylic acids is 1. The van der Waals surface area contributed by atoms with Gasteiger partial charge in [0.2, 0.25) is 5.90 Å². The lowest BCUT2D eigenvalue weighted by atomic mass is 10.2. The van der Waals surface area contributed by atoms with Crippen LogP contribution in [0.2, 0.25) is 0 Å². The number of hydrogen-bond donors (Lipinski definition) is 2. The van der Waals surface area contributed by atoms with E-state index in [9.17, 15) is 4.79 Å². The van der Waals surface area contributed by atoms with Gasteiger partial charge in [0.05, 0.1) is 39.1 Å². The lowest BCUT2D eigenvalue weighted by Gasteiger charge is -2.13. The van der Waals surface area contributed by atoms with Crippen LogP contribution in [0.1, 0.15) is 10.4 Å². The minimum Gasteiger partial charge on any atom is -0.497 e. The summed E-state index contributed by atoms with van der Waals surface area (Å²) in [6, 6.07) is 11.8. The van der Waals surface area contributed by atoms with E-state index in [4.69, 9.17) is 24.4 Å². The van der Waals surface area contributed by atoms with Crippen LogP contribution in [-0.4, -0.2) is 39.7 Å². The Kier molecular flexibility index (Phi) is 6.22. The summed E-state index contributed by atoms with van der Waals surface area (Å²) in [4.78, 5) is 11.6. The number of nitrogens with one attached hydrogen (secondary N) is 2. The van der Waals surface area contributed by atoms with Gasteiger partial charge in [-0.2, -0.15) is 0 Å². The van der Waals surface area contributed by atoms with Crippen LogP contribution in [0.5, 0.6) is 17.2 Å². The second-order valence-corrected chi connectivity index (χ2v) is 4.96. The summed E-state index contributed by atoms with van der Waals surface area (Å²) in [7, 11) is 4.42. The van der Waals surface area contributed by atoms with Gasteiger partial charge >= 0.3 is 5.97 Å². The molecule has 0 saturated carbocycles. The second-order valence-electron chi connectivity index (χ2n) is 4.96. The van der Waals surface area contributed by atoms with E-state index >= 15 is 0 Å². The Balaban J connectivity index is 2.01. The molecule has 132 valence electrons. The van der Waals surface area contributed by atoms with Gasteiger partial charge in [0.15, 0.2) is 0 Å². The number of rotatable bonds is 7. The average molecular weight is 344 g/mol. The molecule has 2 rings (SSSR count). The van der Waals surface area contributed by atoms with Gasteiger partial charge in [0, 0.05) is 0 Å². The molecule has 0 amide bonds. The molecule has 2 N–H and O–H groups in total. The van der Waals surface area contributed by atoms with Crippen molar-refractivity contribution in [2.75, 3.05) is 33.2 Å². The van der Waals surface area contributed by atoms with E-state index in [1.165, 1.54) is 14.2 Å². The third-order valence-corrected chi connectivity index (χ3v) is 3.36. The number of anilines is 1. The highest BCUT2D eigenvalue weighted by atomic mass is 16.5. The quantitative estimate of drug-likeness (QED) is 0.456. The van der Waals surface area contributed by atoms with Crippen LogP contribution in [0.15, 0.2) is 42.5 Å². The highest BCUT2D eigenvalue weighted by Crippen LogP contribution is 2.26. The second kappa shape index (κ2) is 8.58. The monoisotopic (exact) mass is 344 g/mol. The van der Waals surface area contributed by atoms with Gasteiger partial charge in [-0.1, -0.05) is 0 Å². The van der Waals surface area contributed by atoms with Crippen molar-refractivity contribution < 1.29 is 23.7 Å². The Morgan fingerprint density at radius 2 is 1.68 bits per heavy atom. The summed E-state index contributed by atoms with van der Waals surface area (Å²) in [5, 5.41) is 10.9. The predicted molar refractivity (Wildman–Crippen MR) is 94.2 cm³/mol. The Bertz CT molecular complexity index is 744. The highest BCUT2D eigenvalue weighted by molar-refractivity contribution is 5.91. The van der Waals surface area contributed by atoms with E-state index in [2.05, 4.69) is 5.32 Å². The average Bonchev–Trinajstić information content (AvgIpc) is 2.66. The number of esters is 1. The van der Waals surface area contributed by atoms with Crippen molar-refractivity contribution in [3.63, 3.8) is 0 Å². The van der Waals surface area contributed by atoms with E-state index < -0.39 is 5.97 Å². The van der Waals surface area contributed by atoms with Crippen molar-refractivity contribution in [3.8, 4) is 17.2 Å². The zero-order valence-electron chi connectivity index (χ0n) is 14.3. The van der Waals surface area contributed by atoms with Gasteiger partial charge in [-0.25, -0.2) is 4.79 Å². The highest BCUT2D eigenvalue weighted by Gasteiger charge is 2.11. The molecule has 7 nitrogen and oxygen atoms in total. The van der Waals surface area contributed by atoms with Crippen LogP contribution >= 0.6 is 0 Å². The summed E-state index contributed by atoms with van der Waals surface area (Å²) < 4.78 is 20.5. The van der Waals surface area contributed by atoms with Crippen LogP contribution in [0.4, 0.5) is 5.69 Å². The normalized spacial score (nSPS) is 9.88. The number of hydrogen-bond acceptors (Lipinski definition) is 7. The molecule has 0 aromatic heterocycles. The molecule has 2 aromatic carbocycles. The van der Waals surface area contributed by atoms with E-state index in [1.807, 2.05) is 0 Å². The molecule has 0 aliphatic heterocycles. The van der Waals surface area contributed by atoms with Gasteiger partial charge in [0.1, 0.15) is 17.2 Å². The number of methoxy groups -OCH3 is 3. The van der Waals surface area contributed by atoms with E-state index in [-0.39, 0.29) is 12.4 Å². The van der Waals surface area contributed by atoms with Gasteiger partial charge in [-0.05, 0) is 42.5 Å². The summed E-state index contributed by atoms with van der Waals surface area (Å²) in [6.45, 7) is 0.118. The summed E-state index contributed by atoms with van der Waals surface area (Å²) >= 11 is 0. The Hall–Kier alpha value is -3.22. The molecule has 0 aliphatic carbocycles. The minimum absolute atomic E-state index is 0.00990. The molecule has 0 saturated heterocycles. The van der Waals surface area contributed by atoms with Crippen LogP contribution in [-0.2, 0) is 4.74 Å². The molecular weight excluding hydrogens is 324 g/mol. The molecule has 0 atom stereocenters. The molecule has 25 heavy (non-hydrogen) atoms. The first-order valence-corrected chi connectivity index (χ1v) is 7.47. The lowest BCUT2D eigenvalue weighted by molar-refractivity contribution is 0.0601. The van der Waals surface area contributed by atoms with Crippen LogP contribution in [0.25, 0.3) is 0 Å². The first-order chi connectivity index (χ1) is 12.1. The number of benzene rings is 2. The van der Waals surface area contributed by atoms with Gasteiger partial charge in [-0.3, -0.25) is 5.41 Å². The zero-order valence-corrected chi connectivity index (χ0v) is 14.3. The molecular formula is C18H20N2O5. The fraction of sp³-hybridized carbons (Fsp3) is 0.222. The van der Waals surface area contributed by atoms with E-state index in [0.29, 0.717) is 28.5 Å². The number of ether oxygens (including phenoxy) is 4. The van der Waals surface area contributed by atoms with Crippen molar-refractivity contribution in [3.05, 3.63) is 48.0 Å². The maximum Gasteiger partial charge on any atom is 0.337 e. The zero-order chi connectivity index (χ0) is 18.2. The third kappa shape index (κ3) is 4.87. The number of carbonyl (C=O) groups is 1.